The summed E-state index contributed by atoms with van der Waals surface area (Å²) in [6.07, 6.45) is 0. The molecule has 0 bridgehead atoms. The summed E-state index contributed by atoms with van der Waals surface area (Å²) in [7, 11) is -3.31. The molecule has 0 atom stereocenters. The van der Waals surface area contributed by atoms with Crippen LogP contribution in [0.1, 0.15) is 13.8 Å². The second-order valence-electron chi connectivity index (χ2n) is 5.01. The van der Waals surface area contributed by atoms with Gasteiger partial charge in [-0.2, -0.15) is 0 Å². The maximum absolute atomic E-state index is 12.5. The van der Waals surface area contributed by atoms with E-state index in [0.717, 1.165) is 20.8 Å². The van der Waals surface area contributed by atoms with Crippen LogP contribution >= 0.6 is 19.1 Å². The number of nitrogens with zero attached hydrogens (tertiary/aromatic N) is 1. The Balaban J connectivity index is 1.81. The Labute approximate surface area is 145 Å². The van der Waals surface area contributed by atoms with Gasteiger partial charge in [0.2, 0.25) is 0 Å². The molecule has 0 radical (unpaired) electrons. The van der Waals surface area contributed by atoms with Crippen LogP contribution in [0.5, 0.6) is 0 Å². The maximum atomic E-state index is 12.5. The molecule has 0 unspecified atom stereocenters. The highest BCUT2D eigenvalue weighted by atomic mass is 32.1. The molecule has 7 heteroatoms. The van der Waals surface area contributed by atoms with Gasteiger partial charge in [0.25, 0.3) is 0 Å². The zero-order chi connectivity index (χ0) is 17.0. The van der Waals surface area contributed by atoms with E-state index in [1.165, 1.54) is 0 Å². The Kier molecular flexibility index (Phi) is 5.31. The van der Waals surface area contributed by atoms with Crippen LogP contribution in [0.2, 0.25) is 0 Å². The van der Waals surface area contributed by atoms with Gasteiger partial charge in [0.1, 0.15) is 5.01 Å². The number of nitrogens with one attached hydrogen (secondary N) is 1. The molecule has 0 saturated heterocycles. The molecule has 3 aromatic rings. The lowest BCUT2D eigenvalue weighted by Crippen LogP contribution is -2.04. The van der Waals surface area contributed by atoms with Crippen molar-refractivity contribution in [1.82, 2.24) is 4.98 Å². The second-order valence-corrected chi connectivity index (χ2v) is 7.77. The molecule has 0 aliphatic rings. The quantitative estimate of drug-likeness (QED) is 0.558. The summed E-state index contributed by atoms with van der Waals surface area (Å²) in [5.41, 5.74) is 2.70. The molecule has 1 N–H and O–H groups in total. The van der Waals surface area contributed by atoms with Crippen LogP contribution in [0.15, 0.2) is 48.5 Å². The highest BCUT2D eigenvalue weighted by molar-refractivity contribution is 7.55. The third-order valence-corrected chi connectivity index (χ3v) is 6.10. The molecule has 0 amide bonds. The number of para-hydroxylation sites is 1. The van der Waals surface area contributed by atoms with Gasteiger partial charge in [-0.15, -0.1) is 11.3 Å². The van der Waals surface area contributed by atoms with Crippen LogP contribution < -0.4 is 5.09 Å². The summed E-state index contributed by atoms with van der Waals surface area (Å²) in [5, 5.41) is 3.82. The Morgan fingerprint density at radius 2 is 1.71 bits per heavy atom. The molecule has 0 fully saturated rings. The van der Waals surface area contributed by atoms with Crippen molar-refractivity contribution in [3.8, 4) is 10.6 Å². The van der Waals surface area contributed by atoms with E-state index < -0.39 is 7.75 Å². The van der Waals surface area contributed by atoms with Gasteiger partial charge in [-0.25, -0.2) is 9.55 Å². The van der Waals surface area contributed by atoms with Gasteiger partial charge in [-0.05, 0) is 50.2 Å². The van der Waals surface area contributed by atoms with E-state index in [1.807, 2.05) is 42.5 Å². The Morgan fingerprint density at radius 3 is 2.33 bits per heavy atom. The number of anilines is 1. The molecule has 2 aromatic carbocycles. The van der Waals surface area contributed by atoms with Crippen LogP contribution in [0.25, 0.3) is 20.8 Å². The third kappa shape index (κ3) is 3.84. The van der Waals surface area contributed by atoms with E-state index >= 15 is 0 Å². The average molecular weight is 362 g/mol. The third-order valence-electron chi connectivity index (χ3n) is 3.29. The van der Waals surface area contributed by atoms with E-state index in [1.54, 1.807) is 25.2 Å². The molecular weight excluding hydrogens is 343 g/mol. The van der Waals surface area contributed by atoms with Crippen LogP contribution in [-0.4, -0.2) is 18.2 Å². The molecule has 5 nitrogen and oxygen atoms in total. The van der Waals surface area contributed by atoms with Crippen molar-refractivity contribution >= 4 is 35.0 Å². The molecule has 0 aliphatic carbocycles. The predicted molar refractivity (Wildman–Crippen MR) is 99.5 cm³/mol. The molecule has 1 heterocycles. The van der Waals surface area contributed by atoms with E-state index in [0.29, 0.717) is 18.9 Å². The number of aromatic nitrogens is 1. The minimum atomic E-state index is -3.31. The first-order valence-electron chi connectivity index (χ1n) is 7.77. The van der Waals surface area contributed by atoms with Crippen LogP contribution in [0.3, 0.4) is 0 Å². The fourth-order valence-corrected chi connectivity index (χ4v) is 4.60. The zero-order valence-electron chi connectivity index (χ0n) is 13.6. The first kappa shape index (κ1) is 17.1. The van der Waals surface area contributed by atoms with Crippen LogP contribution in [0, 0.1) is 0 Å². The maximum Gasteiger partial charge on any atom is 0.432 e. The molecule has 3 rings (SSSR count). The van der Waals surface area contributed by atoms with Crippen molar-refractivity contribution < 1.29 is 13.6 Å². The first-order valence-corrected chi connectivity index (χ1v) is 10.1. The van der Waals surface area contributed by atoms with Gasteiger partial charge in [0.15, 0.2) is 0 Å². The lowest BCUT2D eigenvalue weighted by atomic mass is 10.2. The van der Waals surface area contributed by atoms with E-state index in [2.05, 4.69) is 16.1 Å². The molecule has 0 aliphatic heterocycles. The van der Waals surface area contributed by atoms with Crippen molar-refractivity contribution in [3.05, 3.63) is 48.5 Å². The predicted octanol–water partition coefficient (Wildman–Crippen LogP) is 5.56. The fourth-order valence-electron chi connectivity index (χ4n) is 2.28. The van der Waals surface area contributed by atoms with Crippen molar-refractivity contribution in [2.75, 3.05) is 18.3 Å². The van der Waals surface area contributed by atoms with Crippen LogP contribution in [-0.2, 0) is 13.6 Å². The first-order chi connectivity index (χ1) is 11.6. The van der Waals surface area contributed by atoms with E-state index in [4.69, 9.17) is 9.05 Å². The SMILES string of the molecule is CCOP(=O)(Nc1ccc(-c2nc3ccccc3s2)cc1)OCC. The van der Waals surface area contributed by atoms with Crippen molar-refractivity contribution in [2.45, 2.75) is 13.8 Å². The second kappa shape index (κ2) is 7.45. The van der Waals surface area contributed by atoms with Crippen molar-refractivity contribution in [2.24, 2.45) is 0 Å². The number of hydrogen-bond donors (Lipinski definition) is 1. The summed E-state index contributed by atoms with van der Waals surface area (Å²) in [5.74, 6) is 0. The largest absolute Gasteiger partial charge is 0.432 e. The van der Waals surface area contributed by atoms with Crippen LogP contribution in [0.4, 0.5) is 5.69 Å². The van der Waals surface area contributed by atoms with E-state index in [9.17, 15) is 4.57 Å². The Bertz CT molecular complexity index is 821. The fraction of sp³-hybridized carbons (Fsp3) is 0.235. The van der Waals surface area contributed by atoms with Gasteiger partial charge < -0.3 is 0 Å². The molecule has 126 valence electrons. The lowest BCUT2D eigenvalue weighted by Gasteiger charge is -2.18. The molecule has 0 spiro atoms. The topological polar surface area (TPSA) is 60.5 Å². The number of rotatable bonds is 7. The van der Waals surface area contributed by atoms with E-state index in [-0.39, 0.29) is 0 Å². The van der Waals surface area contributed by atoms with Gasteiger partial charge in [0, 0.05) is 11.3 Å². The molecule has 24 heavy (non-hydrogen) atoms. The van der Waals surface area contributed by atoms with Gasteiger partial charge in [0.05, 0.1) is 23.4 Å². The summed E-state index contributed by atoms with van der Waals surface area (Å²) >= 11 is 1.65. The number of benzene rings is 2. The lowest BCUT2D eigenvalue weighted by molar-refractivity contribution is 0.225. The van der Waals surface area contributed by atoms with Crippen molar-refractivity contribution in [3.63, 3.8) is 0 Å². The molecule has 0 saturated carbocycles. The zero-order valence-corrected chi connectivity index (χ0v) is 15.3. The summed E-state index contributed by atoms with van der Waals surface area (Å²) in [6.45, 7) is 4.19. The average Bonchev–Trinajstić information content (AvgIpc) is 3.00. The minimum Gasteiger partial charge on any atom is -0.293 e. The van der Waals surface area contributed by atoms with Gasteiger partial charge >= 0.3 is 7.75 Å². The normalized spacial score (nSPS) is 11.8. The number of fused-ring (bicyclic) bond motifs is 1. The highest BCUT2D eigenvalue weighted by Gasteiger charge is 2.23. The minimum absolute atomic E-state index is 0.314. The molecule has 1 aromatic heterocycles. The smallest absolute Gasteiger partial charge is 0.293 e. The Morgan fingerprint density at radius 1 is 1.04 bits per heavy atom. The summed E-state index contributed by atoms with van der Waals surface area (Å²) < 4.78 is 24.1. The van der Waals surface area contributed by atoms with Gasteiger partial charge in [-0.3, -0.25) is 14.1 Å². The number of hydrogen-bond acceptors (Lipinski definition) is 5. The summed E-state index contributed by atoms with van der Waals surface area (Å²) in [4.78, 5) is 4.64. The highest BCUT2D eigenvalue weighted by Crippen LogP contribution is 2.47. The summed E-state index contributed by atoms with van der Waals surface area (Å²) in [6, 6.07) is 15.7. The monoisotopic (exact) mass is 362 g/mol. The number of thiazole rings is 1. The standard InChI is InChI=1S/C17H19N2O3PS/c1-3-21-23(20,22-4-2)19-14-11-9-13(10-12-14)17-18-15-7-5-6-8-16(15)24-17/h5-12H,3-4H2,1-2H3,(H,19,20). The van der Waals surface area contributed by atoms with Crippen molar-refractivity contribution in [1.29, 1.82) is 0 Å². The Hall–Kier alpha value is -1.72. The molecular formula is C17H19N2O3PS. The van der Waals surface area contributed by atoms with Gasteiger partial charge in [-0.1, -0.05) is 12.1 Å².